The third-order valence-electron chi connectivity index (χ3n) is 3.81. The molecule has 3 rings (SSSR count). The topological polar surface area (TPSA) is 78.0 Å². The molecule has 0 saturated heterocycles. The number of hydrogen-bond acceptors (Lipinski definition) is 3. The first kappa shape index (κ1) is 19.1. The summed E-state index contributed by atoms with van der Waals surface area (Å²) >= 11 is 0. The number of nitrogens with zero attached hydrogens (tertiary/aromatic N) is 2. The fourth-order valence-corrected chi connectivity index (χ4v) is 3.09. The Morgan fingerprint density at radius 1 is 1.04 bits per heavy atom. The molecule has 5 nitrogen and oxygen atoms in total. The van der Waals surface area contributed by atoms with E-state index in [4.69, 9.17) is 5.14 Å². The van der Waals surface area contributed by atoms with E-state index in [0.717, 1.165) is 34.5 Å². The van der Waals surface area contributed by atoms with Gasteiger partial charge in [-0.3, -0.25) is 0 Å². The Morgan fingerprint density at radius 2 is 1.67 bits per heavy atom. The summed E-state index contributed by atoms with van der Waals surface area (Å²) < 4.78 is 77.1. The maximum Gasteiger partial charge on any atom is 0.435 e. The van der Waals surface area contributed by atoms with Crippen LogP contribution >= 0.6 is 0 Å². The lowest BCUT2D eigenvalue weighted by Crippen LogP contribution is -2.14. The van der Waals surface area contributed by atoms with Crippen molar-refractivity contribution in [2.24, 2.45) is 5.14 Å². The van der Waals surface area contributed by atoms with Crippen LogP contribution in [0.1, 0.15) is 11.3 Å². The van der Waals surface area contributed by atoms with Gasteiger partial charge in [0.2, 0.25) is 10.0 Å². The Balaban J connectivity index is 2.21. The molecule has 1 heterocycles. The van der Waals surface area contributed by atoms with Gasteiger partial charge in [0.15, 0.2) is 5.69 Å². The van der Waals surface area contributed by atoms with Gasteiger partial charge in [0.1, 0.15) is 10.7 Å². The zero-order chi connectivity index (χ0) is 20.0. The Labute approximate surface area is 152 Å². The van der Waals surface area contributed by atoms with Gasteiger partial charge >= 0.3 is 6.18 Å². The Hall–Kier alpha value is -2.72. The summed E-state index contributed by atoms with van der Waals surface area (Å²) in [6.07, 6.45) is -4.70. The molecule has 0 bridgehead atoms. The largest absolute Gasteiger partial charge is 0.435 e. The first-order valence-corrected chi connectivity index (χ1v) is 9.08. The highest BCUT2D eigenvalue weighted by Gasteiger charge is 2.35. The van der Waals surface area contributed by atoms with E-state index in [1.165, 1.54) is 0 Å². The van der Waals surface area contributed by atoms with Gasteiger partial charge in [-0.1, -0.05) is 29.8 Å². The third-order valence-corrected chi connectivity index (χ3v) is 4.76. The molecule has 0 saturated carbocycles. The number of aromatic nitrogens is 2. The van der Waals surface area contributed by atoms with Gasteiger partial charge in [-0.05, 0) is 25.1 Å². The first-order chi connectivity index (χ1) is 12.5. The number of rotatable bonds is 3. The van der Waals surface area contributed by atoms with E-state index in [-0.39, 0.29) is 11.4 Å². The molecule has 0 aliphatic rings. The normalized spacial score (nSPS) is 12.4. The molecule has 0 aliphatic heterocycles. The van der Waals surface area contributed by atoms with Crippen molar-refractivity contribution in [3.05, 3.63) is 65.6 Å². The van der Waals surface area contributed by atoms with Crippen molar-refractivity contribution >= 4 is 10.0 Å². The molecule has 0 aliphatic carbocycles. The molecule has 0 atom stereocenters. The van der Waals surface area contributed by atoms with Crippen LogP contribution in [0.3, 0.4) is 0 Å². The number of aryl methyl sites for hydroxylation is 1. The summed E-state index contributed by atoms with van der Waals surface area (Å²) in [5, 5.41) is 8.43. The standard InChI is InChI=1S/C17H13F4N3O2S/c1-10-2-4-11(5-3-10)14-9-16(17(19,20)21)23-24(14)12-6-7-15(13(18)8-12)27(22,25)26/h2-9H,1H3,(H2,22,25,26). The number of nitrogens with two attached hydrogens (primary N) is 1. The fourth-order valence-electron chi connectivity index (χ4n) is 2.50. The minimum Gasteiger partial charge on any atom is -0.232 e. The maximum absolute atomic E-state index is 14.1. The van der Waals surface area contributed by atoms with Crippen molar-refractivity contribution in [3.63, 3.8) is 0 Å². The van der Waals surface area contributed by atoms with E-state index in [1.807, 2.05) is 6.92 Å². The minimum absolute atomic E-state index is 0.0741. The fraction of sp³-hybridized carbons (Fsp3) is 0.118. The molecule has 10 heteroatoms. The minimum atomic E-state index is -4.70. The van der Waals surface area contributed by atoms with Gasteiger partial charge in [0, 0.05) is 11.6 Å². The van der Waals surface area contributed by atoms with Gasteiger partial charge in [-0.2, -0.15) is 18.3 Å². The molecule has 0 radical (unpaired) electrons. The van der Waals surface area contributed by atoms with Crippen LogP contribution in [0.15, 0.2) is 53.4 Å². The van der Waals surface area contributed by atoms with Crippen LogP contribution in [0.2, 0.25) is 0 Å². The van der Waals surface area contributed by atoms with Crippen molar-refractivity contribution in [3.8, 4) is 16.9 Å². The van der Waals surface area contributed by atoms with E-state index in [2.05, 4.69) is 5.10 Å². The first-order valence-electron chi connectivity index (χ1n) is 7.54. The number of hydrogen-bond donors (Lipinski definition) is 1. The average Bonchev–Trinajstić information content (AvgIpc) is 2.99. The molecule has 2 aromatic carbocycles. The summed E-state index contributed by atoms with van der Waals surface area (Å²) in [6, 6.07) is 10.3. The molecule has 0 amide bonds. The van der Waals surface area contributed by atoms with Crippen molar-refractivity contribution in [1.82, 2.24) is 9.78 Å². The number of primary sulfonamides is 1. The van der Waals surface area contributed by atoms with Crippen molar-refractivity contribution < 1.29 is 26.0 Å². The highest BCUT2D eigenvalue weighted by molar-refractivity contribution is 7.89. The van der Waals surface area contributed by atoms with E-state index < -0.39 is 32.6 Å². The summed E-state index contributed by atoms with van der Waals surface area (Å²) in [7, 11) is -4.30. The van der Waals surface area contributed by atoms with Crippen LogP contribution in [-0.2, 0) is 16.2 Å². The smallest absolute Gasteiger partial charge is 0.232 e. The van der Waals surface area contributed by atoms with Crippen LogP contribution in [0, 0.1) is 12.7 Å². The molecule has 0 unspecified atom stereocenters. The Morgan fingerprint density at radius 3 is 2.19 bits per heavy atom. The second-order valence-corrected chi connectivity index (χ2v) is 7.38. The number of sulfonamides is 1. The molecular weight excluding hydrogens is 386 g/mol. The van der Waals surface area contributed by atoms with Crippen LogP contribution < -0.4 is 5.14 Å². The number of benzene rings is 2. The van der Waals surface area contributed by atoms with Gasteiger partial charge in [-0.15, -0.1) is 0 Å². The van der Waals surface area contributed by atoms with E-state index >= 15 is 0 Å². The van der Waals surface area contributed by atoms with Gasteiger partial charge < -0.3 is 0 Å². The lowest BCUT2D eigenvalue weighted by molar-refractivity contribution is -0.141. The average molecular weight is 399 g/mol. The SMILES string of the molecule is Cc1ccc(-c2cc(C(F)(F)F)nn2-c2ccc(S(N)(=O)=O)c(F)c2)cc1. The summed E-state index contributed by atoms with van der Waals surface area (Å²) in [5.41, 5.74) is 0.175. The van der Waals surface area contributed by atoms with Gasteiger partial charge in [0.25, 0.3) is 0 Å². The molecule has 2 N–H and O–H groups in total. The zero-order valence-electron chi connectivity index (χ0n) is 13.8. The predicted molar refractivity (Wildman–Crippen MR) is 90.1 cm³/mol. The lowest BCUT2D eigenvalue weighted by atomic mass is 10.1. The second-order valence-electron chi connectivity index (χ2n) is 5.85. The monoisotopic (exact) mass is 399 g/mol. The summed E-state index contributed by atoms with van der Waals surface area (Å²) in [6.45, 7) is 1.82. The predicted octanol–water partition coefficient (Wildman–Crippen LogP) is 3.65. The van der Waals surface area contributed by atoms with Crippen LogP contribution in [0.5, 0.6) is 0 Å². The van der Waals surface area contributed by atoms with Crippen molar-refractivity contribution in [2.45, 2.75) is 18.0 Å². The van der Waals surface area contributed by atoms with E-state index in [0.29, 0.717) is 5.56 Å². The highest BCUT2D eigenvalue weighted by Crippen LogP contribution is 2.33. The lowest BCUT2D eigenvalue weighted by Gasteiger charge is -2.09. The quantitative estimate of drug-likeness (QED) is 0.683. The van der Waals surface area contributed by atoms with E-state index in [1.54, 1.807) is 24.3 Å². The van der Waals surface area contributed by atoms with Crippen LogP contribution in [0.4, 0.5) is 17.6 Å². The Bertz CT molecular complexity index is 1100. The summed E-state index contributed by atoms with van der Waals surface area (Å²) in [4.78, 5) is -0.758. The van der Waals surface area contributed by atoms with Gasteiger partial charge in [0.05, 0.1) is 11.4 Å². The molecule has 27 heavy (non-hydrogen) atoms. The second kappa shape index (κ2) is 6.46. The molecule has 3 aromatic rings. The Kier molecular flexibility index (Phi) is 4.56. The number of alkyl halides is 3. The van der Waals surface area contributed by atoms with Crippen molar-refractivity contribution in [2.75, 3.05) is 0 Å². The zero-order valence-corrected chi connectivity index (χ0v) is 14.6. The molecular formula is C17H13F4N3O2S. The molecule has 142 valence electrons. The van der Waals surface area contributed by atoms with Gasteiger partial charge in [-0.25, -0.2) is 22.6 Å². The number of halogens is 4. The molecule has 0 spiro atoms. The third kappa shape index (κ3) is 3.86. The van der Waals surface area contributed by atoms with Crippen LogP contribution in [-0.4, -0.2) is 18.2 Å². The van der Waals surface area contributed by atoms with E-state index in [9.17, 15) is 26.0 Å². The molecule has 0 fully saturated rings. The maximum atomic E-state index is 14.1. The van der Waals surface area contributed by atoms with Crippen molar-refractivity contribution in [1.29, 1.82) is 0 Å². The molecule has 1 aromatic heterocycles. The van der Waals surface area contributed by atoms with Crippen LogP contribution in [0.25, 0.3) is 16.9 Å². The summed E-state index contributed by atoms with van der Waals surface area (Å²) in [5.74, 6) is -1.19. The highest BCUT2D eigenvalue weighted by atomic mass is 32.2.